The molecule has 2 aliphatic rings. The first-order valence-electron chi connectivity index (χ1n) is 10.8. The SMILES string of the molecule is CCCCN1C(=O)c2ccc(C(=O)O[C@H](C)C(=O)N(CC)[C@H]3CCS(=O)(=O)C3)cc2C1=O. The first kappa shape index (κ1) is 23.9. The maximum absolute atomic E-state index is 12.8. The van der Waals surface area contributed by atoms with Crippen LogP contribution in [0.2, 0.25) is 0 Å². The highest BCUT2D eigenvalue weighted by Crippen LogP contribution is 2.25. The first-order chi connectivity index (χ1) is 15.1. The number of carbonyl (C=O) groups is 4. The van der Waals surface area contributed by atoms with Crippen LogP contribution in [0, 0.1) is 0 Å². The van der Waals surface area contributed by atoms with E-state index in [-0.39, 0.29) is 34.1 Å². The third-order valence-electron chi connectivity index (χ3n) is 5.85. The lowest BCUT2D eigenvalue weighted by Gasteiger charge is -2.29. The molecule has 0 bridgehead atoms. The maximum Gasteiger partial charge on any atom is 0.338 e. The van der Waals surface area contributed by atoms with Gasteiger partial charge in [-0.15, -0.1) is 0 Å². The molecule has 2 aliphatic heterocycles. The van der Waals surface area contributed by atoms with E-state index in [0.29, 0.717) is 25.9 Å². The Labute approximate surface area is 187 Å². The second-order valence-electron chi connectivity index (χ2n) is 8.10. The zero-order valence-corrected chi connectivity index (χ0v) is 19.3. The minimum absolute atomic E-state index is 0.0345. The number of carbonyl (C=O) groups excluding carboxylic acids is 4. The number of unbranched alkanes of at least 4 members (excludes halogenated alkanes) is 1. The molecule has 174 valence electrons. The van der Waals surface area contributed by atoms with Crippen LogP contribution in [0.15, 0.2) is 18.2 Å². The van der Waals surface area contributed by atoms with E-state index >= 15 is 0 Å². The van der Waals surface area contributed by atoms with Crippen LogP contribution in [0.5, 0.6) is 0 Å². The van der Waals surface area contributed by atoms with E-state index in [1.54, 1.807) is 6.92 Å². The zero-order valence-electron chi connectivity index (χ0n) is 18.5. The van der Waals surface area contributed by atoms with Crippen molar-refractivity contribution in [3.8, 4) is 0 Å². The van der Waals surface area contributed by atoms with Crippen molar-refractivity contribution in [2.45, 2.75) is 52.2 Å². The summed E-state index contributed by atoms with van der Waals surface area (Å²) in [7, 11) is -3.17. The molecule has 2 atom stereocenters. The third-order valence-corrected chi connectivity index (χ3v) is 7.60. The number of hydrogen-bond acceptors (Lipinski definition) is 7. The van der Waals surface area contributed by atoms with Gasteiger partial charge in [0.1, 0.15) is 0 Å². The molecule has 0 N–H and O–H groups in total. The number of fused-ring (bicyclic) bond motifs is 1. The number of nitrogens with zero attached hydrogens (tertiary/aromatic N) is 2. The predicted octanol–water partition coefficient (Wildman–Crippen LogP) is 1.66. The molecule has 3 amide bonds. The van der Waals surface area contributed by atoms with Crippen molar-refractivity contribution >= 4 is 33.5 Å². The van der Waals surface area contributed by atoms with Crippen molar-refractivity contribution in [2.75, 3.05) is 24.6 Å². The Kier molecular flexibility index (Phi) is 7.02. The Balaban J connectivity index is 1.70. The van der Waals surface area contributed by atoms with E-state index in [2.05, 4.69) is 0 Å². The second kappa shape index (κ2) is 9.40. The van der Waals surface area contributed by atoms with Gasteiger partial charge in [0.05, 0.1) is 28.2 Å². The first-order valence-corrected chi connectivity index (χ1v) is 12.6. The number of likely N-dealkylation sites (N-methyl/N-ethyl adjacent to an activating group) is 1. The van der Waals surface area contributed by atoms with Crippen LogP contribution in [0.3, 0.4) is 0 Å². The van der Waals surface area contributed by atoms with Crippen molar-refractivity contribution in [2.24, 2.45) is 0 Å². The summed E-state index contributed by atoms with van der Waals surface area (Å²) in [5, 5.41) is 0. The zero-order chi connectivity index (χ0) is 23.6. The molecule has 0 aromatic heterocycles. The van der Waals surface area contributed by atoms with Crippen molar-refractivity contribution in [3.05, 3.63) is 34.9 Å². The van der Waals surface area contributed by atoms with Crippen LogP contribution >= 0.6 is 0 Å². The molecule has 3 rings (SSSR count). The third kappa shape index (κ3) is 4.69. The smallest absolute Gasteiger partial charge is 0.338 e. The lowest BCUT2D eigenvalue weighted by molar-refractivity contribution is -0.141. The maximum atomic E-state index is 12.8. The van der Waals surface area contributed by atoms with Crippen LogP contribution in [0.4, 0.5) is 0 Å². The summed E-state index contributed by atoms with van der Waals surface area (Å²) in [4.78, 5) is 53.1. The number of imide groups is 1. The summed E-state index contributed by atoms with van der Waals surface area (Å²) in [6.07, 6.45) is 0.754. The molecule has 0 unspecified atom stereocenters. The van der Waals surface area contributed by atoms with Gasteiger partial charge in [0.15, 0.2) is 15.9 Å². The van der Waals surface area contributed by atoms with Gasteiger partial charge in [0.25, 0.3) is 17.7 Å². The number of ether oxygens (including phenoxy) is 1. The fourth-order valence-electron chi connectivity index (χ4n) is 4.06. The summed E-state index contributed by atoms with van der Waals surface area (Å²) in [6.45, 7) is 5.74. The van der Waals surface area contributed by atoms with E-state index in [1.807, 2.05) is 6.92 Å². The Morgan fingerprint density at radius 3 is 2.47 bits per heavy atom. The van der Waals surface area contributed by atoms with E-state index < -0.39 is 39.8 Å². The van der Waals surface area contributed by atoms with Gasteiger partial charge in [-0.1, -0.05) is 13.3 Å². The Morgan fingerprint density at radius 2 is 1.88 bits per heavy atom. The molecule has 1 fully saturated rings. The van der Waals surface area contributed by atoms with Gasteiger partial charge in [0, 0.05) is 19.1 Å². The summed E-state index contributed by atoms with van der Waals surface area (Å²) in [5.41, 5.74) is 0.450. The van der Waals surface area contributed by atoms with Gasteiger partial charge in [-0.2, -0.15) is 0 Å². The number of hydrogen-bond donors (Lipinski definition) is 0. The molecule has 1 aromatic carbocycles. The average Bonchev–Trinajstić information content (AvgIpc) is 3.23. The topological polar surface area (TPSA) is 118 Å². The quantitative estimate of drug-likeness (QED) is 0.424. The normalized spacial score (nSPS) is 20.2. The number of rotatable bonds is 8. The average molecular weight is 465 g/mol. The molecule has 10 heteroatoms. The highest BCUT2D eigenvalue weighted by atomic mass is 32.2. The van der Waals surface area contributed by atoms with E-state index in [1.165, 1.54) is 34.9 Å². The van der Waals surface area contributed by atoms with Gasteiger partial charge in [0.2, 0.25) is 0 Å². The minimum atomic E-state index is -3.17. The summed E-state index contributed by atoms with van der Waals surface area (Å²) in [5.74, 6) is -2.16. The van der Waals surface area contributed by atoms with E-state index in [4.69, 9.17) is 4.74 Å². The lowest BCUT2D eigenvalue weighted by atomic mass is 10.1. The van der Waals surface area contributed by atoms with E-state index in [9.17, 15) is 27.6 Å². The molecule has 0 aliphatic carbocycles. The molecule has 9 nitrogen and oxygen atoms in total. The molecule has 0 spiro atoms. The van der Waals surface area contributed by atoms with Crippen LogP contribution in [-0.4, -0.2) is 78.6 Å². The monoisotopic (exact) mass is 464 g/mol. The van der Waals surface area contributed by atoms with Crippen molar-refractivity contribution in [1.82, 2.24) is 9.80 Å². The van der Waals surface area contributed by atoms with Crippen LogP contribution in [0.1, 0.15) is 71.1 Å². The minimum Gasteiger partial charge on any atom is -0.449 e. The van der Waals surface area contributed by atoms with Gasteiger partial charge < -0.3 is 9.64 Å². The van der Waals surface area contributed by atoms with E-state index in [0.717, 1.165) is 6.42 Å². The fraction of sp³-hybridized carbons (Fsp3) is 0.545. The van der Waals surface area contributed by atoms with Crippen molar-refractivity contribution in [3.63, 3.8) is 0 Å². The van der Waals surface area contributed by atoms with Crippen molar-refractivity contribution in [1.29, 1.82) is 0 Å². The Bertz CT molecular complexity index is 1050. The summed E-state index contributed by atoms with van der Waals surface area (Å²) >= 11 is 0. The highest BCUT2D eigenvalue weighted by molar-refractivity contribution is 7.91. The van der Waals surface area contributed by atoms with Gasteiger partial charge in [-0.3, -0.25) is 19.3 Å². The van der Waals surface area contributed by atoms with Gasteiger partial charge in [-0.25, -0.2) is 13.2 Å². The second-order valence-corrected chi connectivity index (χ2v) is 10.3. The lowest BCUT2D eigenvalue weighted by Crippen LogP contribution is -2.46. The molecular weight excluding hydrogens is 436 g/mol. The molecular formula is C22H28N2O7S. The van der Waals surface area contributed by atoms with Crippen LogP contribution < -0.4 is 0 Å². The highest BCUT2D eigenvalue weighted by Gasteiger charge is 2.37. The molecule has 1 aromatic rings. The molecule has 0 radical (unpaired) electrons. The Hall–Kier alpha value is -2.75. The number of amides is 3. The predicted molar refractivity (Wildman–Crippen MR) is 116 cm³/mol. The number of sulfone groups is 1. The summed E-state index contributed by atoms with van der Waals surface area (Å²) < 4.78 is 28.8. The molecule has 1 saturated heterocycles. The molecule has 2 heterocycles. The van der Waals surface area contributed by atoms with Gasteiger partial charge in [-0.05, 0) is 44.9 Å². The van der Waals surface area contributed by atoms with Crippen molar-refractivity contribution < 1.29 is 32.3 Å². The number of benzene rings is 1. The molecule has 0 saturated carbocycles. The van der Waals surface area contributed by atoms with Crippen LogP contribution in [-0.2, 0) is 19.4 Å². The fourth-order valence-corrected chi connectivity index (χ4v) is 5.80. The number of esters is 1. The Morgan fingerprint density at radius 1 is 1.19 bits per heavy atom. The van der Waals surface area contributed by atoms with Gasteiger partial charge >= 0.3 is 5.97 Å². The summed E-state index contributed by atoms with van der Waals surface area (Å²) in [6, 6.07) is 3.71. The molecule has 32 heavy (non-hydrogen) atoms. The largest absolute Gasteiger partial charge is 0.449 e. The van der Waals surface area contributed by atoms with Crippen LogP contribution in [0.25, 0.3) is 0 Å². The standard InChI is InChI=1S/C22H28N2O7S/c1-4-6-10-24-20(26)17-8-7-15(12-18(17)21(24)27)22(28)31-14(3)19(25)23(5-2)16-9-11-32(29,30)13-16/h7-8,12,14,16H,4-6,9-11,13H2,1-3H3/t14-,16+/m1/s1.